The zero-order valence-corrected chi connectivity index (χ0v) is 11.8. The Labute approximate surface area is 113 Å². The summed E-state index contributed by atoms with van der Waals surface area (Å²) in [6, 6.07) is 7.89. The molecule has 0 aliphatic heterocycles. The summed E-state index contributed by atoms with van der Waals surface area (Å²) in [5, 5.41) is 14.0. The quantitative estimate of drug-likeness (QED) is 0.921. The van der Waals surface area contributed by atoms with Crippen molar-refractivity contribution in [1.82, 2.24) is 10.1 Å². The molecular formula is C15H20N2O2. The zero-order chi connectivity index (χ0) is 14.0. The van der Waals surface area contributed by atoms with E-state index in [4.69, 9.17) is 4.52 Å². The maximum atomic E-state index is 10.0. The van der Waals surface area contributed by atoms with Crippen LogP contribution in [0.1, 0.15) is 32.2 Å². The first-order valence-electron chi connectivity index (χ1n) is 6.44. The van der Waals surface area contributed by atoms with Crippen LogP contribution in [0.4, 0.5) is 0 Å². The number of hydrogen-bond acceptors (Lipinski definition) is 4. The topological polar surface area (TPSA) is 59.2 Å². The molecule has 1 heterocycles. The molecule has 0 spiro atoms. The lowest BCUT2D eigenvalue weighted by molar-refractivity contribution is 0.0565. The number of aromatic nitrogens is 2. The van der Waals surface area contributed by atoms with Crippen molar-refractivity contribution in [2.45, 2.75) is 40.2 Å². The van der Waals surface area contributed by atoms with Crippen LogP contribution in [0.5, 0.6) is 0 Å². The van der Waals surface area contributed by atoms with Gasteiger partial charge in [0.2, 0.25) is 11.7 Å². The van der Waals surface area contributed by atoms with Crippen molar-refractivity contribution in [3.8, 4) is 11.4 Å². The molecule has 0 amide bonds. The van der Waals surface area contributed by atoms with Gasteiger partial charge in [0, 0.05) is 5.56 Å². The predicted octanol–water partition coefficient (Wildman–Crippen LogP) is 2.99. The summed E-state index contributed by atoms with van der Waals surface area (Å²) >= 11 is 0. The van der Waals surface area contributed by atoms with Crippen LogP contribution >= 0.6 is 0 Å². The Bertz CT molecular complexity index is 555. The van der Waals surface area contributed by atoms with Gasteiger partial charge < -0.3 is 9.63 Å². The molecule has 2 aromatic rings. The average molecular weight is 260 g/mol. The summed E-state index contributed by atoms with van der Waals surface area (Å²) in [6.45, 7) is 7.96. The molecule has 0 fully saturated rings. The van der Waals surface area contributed by atoms with Crippen LogP contribution in [0.15, 0.2) is 28.8 Å². The molecule has 0 radical (unpaired) electrons. The smallest absolute Gasteiger partial charge is 0.229 e. The van der Waals surface area contributed by atoms with E-state index >= 15 is 0 Å². The number of hydrogen-bond donors (Lipinski definition) is 1. The van der Waals surface area contributed by atoms with Crippen LogP contribution in [-0.2, 0) is 6.42 Å². The number of aryl methyl sites for hydroxylation is 1. The van der Waals surface area contributed by atoms with Gasteiger partial charge >= 0.3 is 0 Å². The van der Waals surface area contributed by atoms with Gasteiger partial charge in [-0.25, -0.2) is 0 Å². The van der Waals surface area contributed by atoms with E-state index in [1.54, 1.807) is 0 Å². The molecule has 0 aliphatic rings. The van der Waals surface area contributed by atoms with Gasteiger partial charge in [-0.15, -0.1) is 0 Å². The van der Waals surface area contributed by atoms with E-state index in [1.807, 2.05) is 52.0 Å². The van der Waals surface area contributed by atoms with E-state index in [0.29, 0.717) is 18.1 Å². The highest BCUT2D eigenvalue weighted by atomic mass is 16.5. The number of nitrogens with zero attached hydrogens (tertiary/aromatic N) is 2. The normalized spacial score (nSPS) is 13.5. The molecule has 4 heteroatoms. The molecule has 1 aromatic heterocycles. The van der Waals surface area contributed by atoms with Gasteiger partial charge in [0.1, 0.15) is 0 Å². The van der Waals surface area contributed by atoms with E-state index in [0.717, 1.165) is 11.1 Å². The molecule has 1 atom stereocenters. The second-order valence-electron chi connectivity index (χ2n) is 5.91. The molecule has 19 heavy (non-hydrogen) atoms. The first-order chi connectivity index (χ1) is 8.88. The minimum atomic E-state index is -0.502. The van der Waals surface area contributed by atoms with Crippen LogP contribution in [-0.4, -0.2) is 21.4 Å². The molecule has 0 saturated heterocycles. The highest BCUT2D eigenvalue weighted by Crippen LogP contribution is 2.24. The molecule has 1 aromatic carbocycles. The predicted molar refractivity (Wildman–Crippen MR) is 73.6 cm³/mol. The van der Waals surface area contributed by atoms with Crippen molar-refractivity contribution in [2.75, 3.05) is 0 Å². The lowest BCUT2D eigenvalue weighted by atomic mass is 9.87. The molecule has 4 nitrogen and oxygen atoms in total. The Morgan fingerprint density at radius 3 is 2.58 bits per heavy atom. The summed E-state index contributed by atoms with van der Waals surface area (Å²) in [6.07, 6.45) is -0.125. The van der Waals surface area contributed by atoms with Crippen LogP contribution in [0.25, 0.3) is 11.4 Å². The number of benzene rings is 1. The lowest BCUT2D eigenvalue weighted by Crippen LogP contribution is -2.28. The van der Waals surface area contributed by atoms with Crippen molar-refractivity contribution >= 4 is 0 Å². The molecule has 1 N–H and O–H groups in total. The highest BCUT2D eigenvalue weighted by molar-refractivity contribution is 5.58. The molecule has 2 rings (SSSR count). The van der Waals surface area contributed by atoms with Gasteiger partial charge in [0.25, 0.3) is 0 Å². The molecule has 0 bridgehead atoms. The van der Waals surface area contributed by atoms with Crippen LogP contribution < -0.4 is 0 Å². The van der Waals surface area contributed by atoms with Gasteiger partial charge in [0.15, 0.2) is 0 Å². The van der Waals surface area contributed by atoms with Crippen molar-refractivity contribution < 1.29 is 9.63 Å². The Morgan fingerprint density at radius 2 is 1.95 bits per heavy atom. The summed E-state index contributed by atoms with van der Waals surface area (Å²) in [5.74, 6) is 1.05. The maximum absolute atomic E-state index is 10.0. The third-order valence-electron chi connectivity index (χ3n) is 3.22. The number of aliphatic hydroxyl groups is 1. The average Bonchev–Trinajstić information content (AvgIpc) is 2.76. The monoisotopic (exact) mass is 260 g/mol. The lowest BCUT2D eigenvalue weighted by Gasteiger charge is -2.24. The number of rotatable bonds is 3. The summed E-state index contributed by atoms with van der Waals surface area (Å²) in [4.78, 5) is 4.36. The van der Waals surface area contributed by atoms with Gasteiger partial charge in [-0.2, -0.15) is 4.98 Å². The van der Waals surface area contributed by atoms with Crippen molar-refractivity contribution in [3.63, 3.8) is 0 Å². The van der Waals surface area contributed by atoms with Gasteiger partial charge in [-0.05, 0) is 17.9 Å². The molecule has 102 valence electrons. The van der Waals surface area contributed by atoms with Gasteiger partial charge in [0.05, 0.1) is 12.5 Å². The minimum absolute atomic E-state index is 0.197. The second kappa shape index (κ2) is 5.13. The third kappa shape index (κ3) is 3.20. The zero-order valence-electron chi connectivity index (χ0n) is 11.8. The highest BCUT2D eigenvalue weighted by Gasteiger charge is 2.24. The maximum Gasteiger partial charge on any atom is 0.229 e. The molecule has 1 unspecified atom stereocenters. The third-order valence-corrected chi connectivity index (χ3v) is 3.22. The van der Waals surface area contributed by atoms with Crippen molar-refractivity contribution in [2.24, 2.45) is 5.41 Å². The first-order valence-corrected chi connectivity index (χ1v) is 6.44. The Balaban J connectivity index is 2.19. The first kappa shape index (κ1) is 13.7. The fourth-order valence-electron chi connectivity index (χ4n) is 1.74. The Kier molecular flexibility index (Phi) is 3.71. The minimum Gasteiger partial charge on any atom is -0.392 e. The molecule has 0 saturated carbocycles. The van der Waals surface area contributed by atoms with E-state index in [9.17, 15) is 5.11 Å². The van der Waals surface area contributed by atoms with Crippen LogP contribution in [0.2, 0.25) is 0 Å². The fourth-order valence-corrected chi connectivity index (χ4v) is 1.74. The standard InChI is InChI=1S/C15H20N2O2/c1-10-7-5-6-8-11(10)14-16-13(19-17-14)9-12(18)15(2,3)4/h5-8,12,18H,9H2,1-4H3. The van der Waals surface area contributed by atoms with Crippen molar-refractivity contribution in [1.29, 1.82) is 0 Å². The Hall–Kier alpha value is -1.68. The van der Waals surface area contributed by atoms with E-state index in [1.165, 1.54) is 0 Å². The van der Waals surface area contributed by atoms with E-state index in [2.05, 4.69) is 10.1 Å². The largest absolute Gasteiger partial charge is 0.392 e. The SMILES string of the molecule is Cc1ccccc1-c1noc(CC(O)C(C)(C)C)n1. The van der Waals surface area contributed by atoms with Gasteiger partial charge in [-0.3, -0.25) is 0 Å². The molecular weight excluding hydrogens is 240 g/mol. The number of aliphatic hydroxyl groups excluding tert-OH is 1. The summed E-state index contributed by atoms with van der Waals surface area (Å²) in [5.41, 5.74) is 1.87. The van der Waals surface area contributed by atoms with Crippen LogP contribution in [0, 0.1) is 12.3 Å². The fraction of sp³-hybridized carbons (Fsp3) is 0.467. The van der Waals surface area contributed by atoms with Crippen molar-refractivity contribution in [3.05, 3.63) is 35.7 Å². The van der Waals surface area contributed by atoms with E-state index < -0.39 is 6.10 Å². The second-order valence-corrected chi connectivity index (χ2v) is 5.91. The summed E-state index contributed by atoms with van der Waals surface area (Å²) in [7, 11) is 0. The molecule has 0 aliphatic carbocycles. The van der Waals surface area contributed by atoms with Crippen LogP contribution in [0.3, 0.4) is 0 Å². The summed E-state index contributed by atoms with van der Waals surface area (Å²) < 4.78 is 5.22. The van der Waals surface area contributed by atoms with E-state index in [-0.39, 0.29) is 5.41 Å². The van der Waals surface area contributed by atoms with Gasteiger partial charge in [-0.1, -0.05) is 50.2 Å². The Morgan fingerprint density at radius 1 is 1.26 bits per heavy atom.